The van der Waals surface area contributed by atoms with Crippen molar-refractivity contribution in [3.63, 3.8) is 0 Å². The number of hydrogen-bond donors (Lipinski definition) is 1. The molecule has 12 heteroatoms. The number of likely N-dealkylation sites (tertiary alicyclic amines) is 1. The first-order valence-electron chi connectivity index (χ1n) is 14.6. The molecule has 1 aromatic heterocycles. The summed E-state index contributed by atoms with van der Waals surface area (Å²) in [4.78, 5) is 45.1. The van der Waals surface area contributed by atoms with Crippen molar-refractivity contribution in [2.45, 2.75) is 84.0 Å². The maximum atomic E-state index is 13.4. The van der Waals surface area contributed by atoms with Crippen LogP contribution in [0.3, 0.4) is 0 Å². The fourth-order valence-corrected chi connectivity index (χ4v) is 4.91. The molecule has 3 atom stereocenters. The molecule has 2 amide bonds. The van der Waals surface area contributed by atoms with Gasteiger partial charge in [0.15, 0.2) is 12.2 Å². The Balaban J connectivity index is 1.55. The van der Waals surface area contributed by atoms with Crippen LogP contribution in [0.2, 0.25) is 0 Å². The van der Waals surface area contributed by atoms with Crippen molar-refractivity contribution in [3.05, 3.63) is 60.4 Å². The molecule has 44 heavy (non-hydrogen) atoms. The summed E-state index contributed by atoms with van der Waals surface area (Å²) in [6, 6.07) is 14.3. The van der Waals surface area contributed by atoms with Crippen molar-refractivity contribution in [3.8, 4) is 5.75 Å². The fraction of sp³-hybridized carbons (Fsp3) is 0.500. The predicted molar refractivity (Wildman–Crippen MR) is 163 cm³/mol. The lowest BCUT2D eigenvalue weighted by Crippen LogP contribution is -2.46. The van der Waals surface area contributed by atoms with E-state index in [1.54, 1.807) is 67.1 Å². The second-order valence-corrected chi connectivity index (χ2v) is 12.6. The summed E-state index contributed by atoms with van der Waals surface area (Å²) < 4.78 is 29.9. The molecule has 1 N–H and O–H groups in total. The monoisotopic (exact) mass is 610 g/mol. The molecule has 12 nitrogen and oxygen atoms in total. The Kier molecular flexibility index (Phi) is 9.91. The van der Waals surface area contributed by atoms with Crippen LogP contribution >= 0.6 is 0 Å². The molecule has 0 unspecified atom stereocenters. The summed E-state index contributed by atoms with van der Waals surface area (Å²) >= 11 is 0. The van der Waals surface area contributed by atoms with Gasteiger partial charge < -0.3 is 33.6 Å². The van der Waals surface area contributed by atoms with E-state index < -0.39 is 47.8 Å². The van der Waals surface area contributed by atoms with Crippen molar-refractivity contribution >= 4 is 29.4 Å². The Morgan fingerprint density at radius 1 is 0.932 bits per heavy atom. The molecule has 0 bridgehead atoms. The number of imidazole rings is 1. The summed E-state index contributed by atoms with van der Waals surface area (Å²) in [5.74, 6) is 0.674. The molecule has 3 aromatic rings. The summed E-state index contributed by atoms with van der Waals surface area (Å²) in [7, 11) is 1.58. The predicted octanol–water partition coefficient (Wildman–Crippen LogP) is 5.32. The Morgan fingerprint density at radius 3 is 2.27 bits per heavy atom. The zero-order valence-corrected chi connectivity index (χ0v) is 26.4. The summed E-state index contributed by atoms with van der Waals surface area (Å²) in [5.41, 5.74) is 1.05. The van der Waals surface area contributed by atoms with Gasteiger partial charge in [-0.3, -0.25) is 4.90 Å². The second-order valence-electron chi connectivity index (χ2n) is 12.6. The highest BCUT2D eigenvalue weighted by Crippen LogP contribution is 2.30. The molecule has 1 fully saturated rings. The van der Waals surface area contributed by atoms with Crippen LogP contribution < -0.4 is 10.1 Å². The Labute approximate surface area is 257 Å². The number of nitrogens with zero attached hydrogens (tertiary/aromatic N) is 3. The van der Waals surface area contributed by atoms with Gasteiger partial charge in [-0.05, 0) is 77.8 Å². The third-order valence-electron chi connectivity index (χ3n) is 6.78. The number of aromatic nitrogens is 2. The fourth-order valence-electron chi connectivity index (χ4n) is 4.91. The SMILES string of the molecule is COc1ccc(C[C@@H]2[C@H](OC(=O)NCCn3cnc4ccccc43)[C@@H](OC(=O)OC(C)(C)C)CN2C(=O)OC(C)(C)C)cc1. The van der Waals surface area contributed by atoms with Gasteiger partial charge in [-0.1, -0.05) is 24.3 Å². The first-order chi connectivity index (χ1) is 20.7. The van der Waals surface area contributed by atoms with E-state index in [1.807, 2.05) is 41.0 Å². The molecule has 0 radical (unpaired) electrons. The number of alkyl carbamates (subject to hydrolysis) is 1. The smallest absolute Gasteiger partial charge is 0.497 e. The van der Waals surface area contributed by atoms with Crippen molar-refractivity contribution < 1.29 is 38.1 Å². The lowest BCUT2D eigenvalue weighted by Gasteiger charge is -2.30. The van der Waals surface area contributed by atoms with E-state index in [0.29, 0.717) is 12.3 Å². The number of hydrogen-bond acceptors (Lipinski definition) is 9. The van der Waals surface area contributed by atoms with E-state index >= 15 is 0 Å². The first kappa shape index (κ1) is 32.4. The molecule has 1 aliphatic heterocycles. The molecule has 4 rings (SSSR count). The average molecular weight is 611 g/mol. The van der Waals surface area contributed by atoms with Gasteiger partial charge in [0.05, 0.1) is 37.1 Å². The standard InChI is InChI=1S/C32H42N4O8/c1-31(2,3)43-29(38)36-19-26(41-30(39)44-32(4,5)6)27(25(36)18-21-12-14-22(40-7)15-13-21)42-28(37)33-16-17-35-20-34-23-10-8-9-11-24(23)35/h8-15,20,25-27H,16-19H2,1-7H3,(H,33,37)/t25-,26+,27+/m1/s1. The lowest BCUT2D eigenvalue weighted by molar-refractivity contribution is -0.0518. The largest absolute Gasteiger partial charge is 0.509 e. The molecule has 0 aliphatic carbocycles. The summed E-state index contributed by atoms with van der Waals surface area (Å²) in [5, 5.41) is 2.77. The Morgan fingerprint density at radius 2 is 1.61 bits per heavy atom. The number of ether oxygens (including phenoxy) is 5. The number of nitrogens with one attached hydrogen (secondary N) is 1. The minimum atomic E-state index is -1.02. The van der Waals surface area contributed by atoms with Crippen molar-refractivity contribution in [2.75, 3.05) is 20.2 Å². The van der Waals surface area contributed by atoms with Gasteiger partial charge in [0, 0.05) is 13.1 Å². The maximum absolute atomic E-state index is 13.4. The van der Waals surface area contributed by atoms with E-state index in [2.05, 4.69) is 10.3 Å². The van der Waals surface area contributed by atoms with Crippen LogP contribution in [-0.2, 0) is 31.9 Å². The third-order valence-corrected chi connectivity index (χ3v) is 6.78. The number of fused-ring (bicyclic) bond motifs is 1. The van der Waals surface area contributed by atoms with Gasteiger partial charge in [-0.2, -0.15) is 0 Å². The van der Waals surface area contributed by atoms with Gasteiger partial charge >= 0.3 is 18.3 Å². The number of carbonyl (C=O) groups excluding carboxylic acids is 3. The van der Waals surface area contributed by atoms with Crippen molar-refractivity contribution in [1.82, 2.24) is 19.8 Å². The number of benzene rings is 2. The molecule has 0 saturated carbocycles. The Bertz CT molecular complexity index is 1440. The van der Waals surface area contributed by atoms with Crippen LogP contribution in [0, 0.1) is 0 Å². The average Bonchev–Trinajstić information content (AvgIpc) is 3.48. The van der Waals surface area contributed by atoms with E-state index in [0.717, 1.165) is 16.6 Å². The molecule has 1 aliphatic rings. The quantitative estimate of drug-likeness (QED) is 0.266. The molecule has 0 spiro atoms. The van der Waals surface area contributed by atoms with Gasteiger partial charge in [0.2, 0.25) is 0 Å². The van der Waals surface area contributed by atoms with Crippen LogP contribution in [0.5, 0.6) is 5.75 Å². The third kappa shape index (κ3) is 8.77. The van der Waals surface area contributed by atoms with E-state index in [9.17, 15) is 14.4 Å². The van der Waals surface area contributed by atoms with E-state index in [4.69, 9.17) is 23.7 Å². The van der Waals surface area contributed by atoms with Crippen molar-refractivity contribution in [2.24, 2.45) is 0 Å². The maximum Gasteiger partial charge on any atom is 0.509 e. The summed E-state index contributed by atoms with van der Waals surface area (Å²) in [6.45, 7) is 11.1. The van der Waals surface area contributed by atoms with E-state index in [1.165, 1.54) is 4.90 Å². The number of rotatable bonds is 8. The highest BCUT2D eigenvalue weighted by Gasteiger charge is 2.50. The topological polar surface area (TPSA) is 130 Å². The number of para-hydroxylation sites is 2. The van der Waals surface area contributed by atoms with Gasteiger partial charge in [0.1, 0.15) is 17.0 Å². The second kappa shape index (κ2) is 13.4. The normalized spacial score (nSPS) is 18.5. The van der Waals surface area contributed by atoms with Gasteiger partial charge in [-0.15, -0.1) is 0 Å². The van der Waals surface area contributed by atoms with Crippen LogP contribution in [0.4, 0.5) is 14.4 Å². The molecular formula is C32H42N4O8. The molecular weight excluding hydrogens is 568 g/mol. The number of amides is 2. The molecule has 2 heterocycles. The Hall–Kier alpha value is -4.48. The first-order valence-corrected chi connectivity index (χ1v) is 14.6. The minimum Gasteiger partial charge on any atom is -0.497 e. The highest BCUT2D eigenvalue weighted by molar-refractivity contribution is 5.75. The minimum absolute atomic E-state index is 0.0616. The van der Waals surface area contributed by atoms with Crippen LogP contribution in [0.1, 0.15) is 47.1 Å². The number of methoxy groups -OCH3 is 1. The van der Waals surface area contributed by atoms with Crippen molar-refractivity contribution in [1.29, 1.82) is 0 Å². The van der Waals surface area contributed by atoms with Crippen LogP contribution in [-0.4, -0.2) is 82.4 Å². The zero-order valence-electron chi connectivity index (χ0n) is 26.4. The van der Waals surface area contributed by atoms with Gasteiger partial charge in [-0.25, -0.2) is 19.4 Å². The summed E-state index contributed by atoms with van der Waals surface area (Å²) in [6.07, 6.45) is -2.30. The molecule has 2 aromatic carbocycles. The highest BCUT2D eigenvalue weighted by atomic mass is 16.7. The van der Waals surface area contributed by atoms with E-state index in [-0.39, 0.29) is 19.5 Å². The molecule has 1 saturated heterocycles. The lowest BCUT2D eigenvalue weighted by atomic mass is 10.0. The van der Waals surface area contributed by atoms with Crippen LogP contribution in [0.15, 0.2) is 54.9 Å². The number of carbonyl (C=O) groups is 3. The van der Waals surface area contributed by atoms with Gasteiger partial charge in [0.25, 0.3) is 0 Å². The van der Waals surface area contributed by atoms with Crippen LogP contribution in [0.25, 0.3) is 11.0 Å². The molecule has 238 valence electrons. The zero-order chi connectivity index (χ0) is 32.1.